The Morgan fingerprint density at radius 1 is 1.10 bits per heavy atom. The van der Waals surface area contributed by atoms with Gasteiger partial charge in [-0.3, -0.25) is 9.89 Å². The molecule has 0 radical (unpaired) electrons. The molecule has 0 bridgehead atoms. The Bertz CT molecular complexity index is 663. The lowest BCUT2D eigenvalue weighted by molar-refractivity contribution is -0.137. The van der Waals surface area contributed by atoms with Crippen LogP contribution in [0.5, 0.6) is 0 Å². The van der Waals surface area contributed by atoms with Crippen LogP contribution in [0.2, 0.25) is 0 Å². The number of hydrogen-bond acceptors (Lipinski definition) is 3. The van der Waals surface area contributed by atoms with Crippen LogP contribution in [0.3, 0.4) is 0 Å². The number of guanidine groups is 1. The Kier molecular flexibility index (Phi) is 7.40. The maximum atomic E-state index is 12.7. The summed E-state index contributed by atoms with van der Waals surface area (Å²) in [5.74, 6) is 0.724. The van der Waals surface area contributed by atoms with Gasteiger partial charge in [0, 0.05) is 38.9 Å². The molecule has 1 aromatic carbocycles. The summed E-state index contributed by atoms with van der Waals surface area (Å²) in [5.41, 5.74) is 0.356. The van der Waals surface area contributed by atoms with Crippen molar-refractivity contribution in [1.82, 2.24) is 15.5 Å². The van der Waals surface area contributed by atoms with Crippen LogP contribution >= 0.6 is 0 Å². The van der Waals surface area contributed by atoms with Crippen LogP contribution in [-0.2, 0) is 17.3 Å². The number of nitrogens with zero attached hydrogens (tertiary/aromatic N) is 2. The molecular formula is C21H31F3N4O. The molecule has 0 spiro atoms. The molecule has 8 heteroatoms. The first-order chi connectivity index (χ1) is 13.9. The molecule has 162 valence electrons. The van der Waals surface area contributed by atoms with Crippen molar-refractivity contribution in [2.24, 2.45) is 4.99 Å². The third-order valence-corrected chi connectivity index (χ3v) is 6.00. The highest BCUT2D eigenvalue weighted by Crippen LogP contribution is 2.31. The minimum absolute atomic E-state index is 0.111. The van der Waals surface area contributed by atoms with Crippen molar-refractivity contribution in [3.63, 3.8) is 0 Å². The molecule has 2 aliphatic rings. The lowest BCUT2D eigenvalue weighted by Gasteiger charge is -2.45. The lowest BCUT2D eigenvalue weighted by Crippen LogP contribution is -2.58. The summed E-state index contributed by atoms with van der Waals surface area (Å²) in [6.07, 6.45) is 0.874. The van der Waals surface area contributed by atoms with Gasteiger partial charge in [-0.25, -0.2) is 0 Å². The van der Waals surface area contributed by atoms with Crippen LogP contribution < -0.4 is 10.6 Å². The number of likely N-dealkylation sites (tertiary alicyclic amines) is 1. The zero-order valence-electron chi connectivity index (χ0n) is 17.0. The van der Waals surface area contributed by atoms with Crippen LogP contribution in [-0.4, -0.2) is 62.8 Å². The summed E-state index contributed by atoms with van der Waals surface area (Å²) in [5, 5.41) is 6.74. The molecule has 0 atom stereocenters. The van der Waals surface area contributed by atoms with E-state index in [4.69, 9.17) is 4.74 Å². The van der Waals surface area contributed by atoms with E-state index < -0.39 is 11.7 Å². The number of ether oxygens (including phenoxy) is 1. The fourth-order valence-electron chi connectivity index (χ4n) is 4.20. The molecule has 0 aromatic heterocycles. The molecule has 3 rings (SSSR count). The SMILES string of the molecule is CN=C(NCCc1ccc(C(F)(F)F)cc1)NCC1(N2CCCC2)CCOCC1. The van der Waals surface area contributed by atoms with Crippen LogP contribution in [0.1, 0.15) is 36.8 Å². The number of rotatable bonds is 6. The maximum Gasteiger partial charge on any atom is 0.416 e. The first kappa shape index (κ1) is 21.9. The van der Waals surface area contributed by atoms with Gasteiger partial charge in [0.1, 0.15) is 0 Å². The number of nitrogens with one attached hydrogen (secondary N) is 2. The molecule has 0 aliphatic carbocycles. The van der Waals surface area contributed by atoms with Crippen LogP contribution in [0.4, 0.5) is 13.2 Å². The van der Waals surface area contributed by atoms with E-state index in [1.54, 1.807) is 7.05 Å². The molecule has 29 heavy (non-hydrogen) atoms. The smallest absolute Gasteiger partial charge is 0.381 e. The minimum Gasteiger partial charge on any atom is -0.381 e. The van der Waals surface area contributed by atoms with Gasteiger partial charge < -0.3 is 15.4 Å². The van der Waals surface area contributed by atoms with E-state index >= 15 is 0 Å². The van der Waals surface area contributed by atoms with Gasteiger partial charge in [-0.05, 0) is 62.9 Å². The standard InChI is InChI=1S/C21H31F3N4O/c1-25-19(26-11-8-17-4-6-18(7-5-17)21(22,23)24)27-16-20(9-14-29-15-10-20)28-12-2-3-13-28/h4-7H,2-3,8-16H2,1H3,(H2,25,26,27). The molecular weight excluding hydrogens is 381 g/mol. The summed E-state index contributed by atoms with van der Waals surface area (Å²) in [4.78, 5) is 6.90. The first-order valence-corrected chi connectivity index (χ1v) is 10.4. The summed E-state index contributed by atoms with van der Waals surface area (Å²) >= 11 is 0. The van der Waals surface area contributed by atoms with Gasteiger partial charge in [0.15, 0.2) is 5.96 Å². The molecule has 2 fully saturated rings. The Morgan fingerprint density at radius 3 is 2.34 bits per heavy atom. The van der Waals surface area contributed by atoms with Crippen molar-refractivity contribution in [2.75, 3.05) is 46.4 Å². The Hall–Kier alpha value is -1.80. The zero-order valence-corrected chi connectivity index (χ0v) is 17.0. The molecule has 0 unspecified atom stereocenters. The molecule has 0 saturated carbocycles. The van der Waals surface area contributed by atoms with Gasteiger partial charge in [-0.1, -0.05) is 12.1 Å². The minimum atomic E-state index is -4.29. The van der Waals surface area contributed by atoms with Crippen molar-refractivity contribution in [2.45, 2.75) is 43.8 Å². The highest BCUT2D eigenvalue weighted by Gasteiger charge is 2.39. The fraction of sp³-hybridized carbons (Fsp3) is 0.667. The van der Waals surface area contributed by atoms with Gasteiger partial charge in [0.25, 0.3) is 0 Å². The summed E-state index contributed by atoms with van der Waals surface area (Å²) in [6.45, 7) is 5.28. The highest BCUT2D eigenvalue weighted by atomic mass is 19.4. The van der Waals surface area contributed by atoms with Crippen molar-refractivity contribution in [1.29, 1.82) is 0 Å². The monoisotopic (exact) mass is 412 g/mol. The van der Waals surface area contributed by atoms with Crippen LogP contribution in [0.25, 0.3) is 0 Å². The average molecular weight is 413 g/mol. The second-order valence-electron chi connectivity index (χ2n) is 7.83. The number of hydrogen-bond donors (Lipinski definition) is 2. The molecule has 2 aliphatic heterocycles. The molecule has 5 nitrogen and oxygen atoms in total. The van der Waals surface area contributed by atoms with Gasteiger partial charge in [0.2, 0.25) is 0 Å². The third kappa shape index (κ3) is 5.85. The van der Waals surface area contributed by atoms with Crippen LogP contribution in [0, 0.1) is 0 Å². The van der Waals surface area contributed by atoms with E-state index in [9.17, 15) is 13.2 Å². The fourth-order valence-corrected chi connectivity index (χ4v) is 4.20. The Morgan fingerprint density at radius 2 is 1.76 bits per heavy atom. The maximum absolute atomic E-state index is 12.7. The van der Waals surface area contributed by atoms with E-state index in [-0.39, 0.29) is 5.54 Å². The number of benzene rings is 1. The lowest BCUT2D eigenvalue weighted by atomic mass is 9.88. The summed E-state index contributed by atoms with van der Waals surface area (Å²) < 4.78 is 43.6. The Balaban J connectivity index is 1.48. The quantitative estimate of drug-likeness (QED) is 0.557. The number of aliphatic imine (C=N–C) groups is 1. The van der Waals surface area contributed by atoms with Crippen molar-refractivity contribution < 1.29 is 17.9 Å². The highest BCUT2D eigenvalue weighted by molar-refractivity contribution is 5.79. The summed E-state index contributed by atoms with van der Waals surface area (Å²) in [7, 11) is 1.74. The van der Waals surface area contributed by atoms with E-state index in [0.717, 1.165) is 69.3 Å². The third-order valence-electron chi connectivity index (χ3n) is 6.00. The number of halogens is 3. The molecule has 2 saturated heterocycles. The van der Waals surface area contributed by atoms with Crippen molar-refractivity contribution in [3.8, 4) is 0 Å². The van der Waals surface area contributed by atoms with Gasteiger partial charge in [-0.15, -0.1) is 0 Å². The van der Waals surface area contributed by atoms with Crippen molar-refractivity contribution in [3.05, 3.63) is 35.4 Å². The van der Waals surface area contributed by atoms with E-state index in [1.165, 1.54) is 25.0 Å². The predicted molar refractivity (Wildman–Crippen MR) is 108 cm³/mol. The molecule has 0 amide bonds. The van der Waals surface area contributed by atoms with E-state index in [0.29, 0.717) is 13.0 Å². The molecule has 2 N–H and O–H groups in total. The molecule has 1 aromatic rings. The second-order valence-corrected chi connectivity index (χ2v) is 7.83. The first-order valence-electron chi connectivity index (χ1n) is 10.4. The second kappa shape index (κ2) is 9.80. The predicted octanol–water partition coefficient (Wildman–Crippen LogP) is 3.06. The normalized spacial score (nSPS) is 20.6. The Labute approximate surface area is 170 Å². The van der Waals surface area contributed by atoms with E-state index in [1.807, 2.05) is 0 Å². The van der Waals surface area contributed by atoms with Gasteiger partial charge >= 0.3 is 6.18 Å². The zero-order chi connectivity index (χ0) is 20.7. The van der Waals surface area contributed by atoms with Crippen LogP contribution in [0.15, 0.2) is 29.3 Å². The van der Waals surface area contributed by atoms with Gasteiger partial charge in [0.05, 0.1) is 5.56 Å². The topological polar surface area (TPSA) is 48.9 Å². The summed E-state index contributed by atoms with van der Waals surface area (Å²) in [6, 6.07) is 5.33. The average Bonchev–Trinajstić information content (AvgIpc) is 3.26. The molecule has 2 heterocycles. The number of alkyl halides is 3. The van der Waals surface area contributed by atoms with Gasteiger partial charge in [-0.2, -0.15) is 13.2 Å². The van der Waals surface area contributed by atoms with E-state index in [2.05, 4.69) is 20.5 Å². The largest absolute Gasteiger partial charge is 0.416 e. The van der Waals surface area contributed by atoms with Crippen molar-refractivity contribution >= 4 is 5.96 Å².